The van der Waals surface area contributed by atoms with Gasteiger partial charge in [-0.3, -0.25) is 0 Å². The van der Waals surface area contributed by atoms with E-state index in [0.29, 0.717) is 0 Å². The first-order valence-corrected chi connectivity index (χ1v) is 3.83. The van der Waals surface area contributed by atoms with E-state index in [4.69, 9.17) is 0 Å². The molecule has 1 aromatic heterocycles. The maximum atomic E-state index is 3.98. The van der Waals surface area contributed by atoms with Gasteiger partial charge in [-0.2, -0.15) is 0 Å². The first-order chi connectivity index (χ1) is 4.85. The average molecular weight is 140 g/mol. The molecular weight excluding hydrogens is 124 g/mol. The number of aryl methyl sites for hydroxylation is 1. The van der Waals surface area contributed by atoms with Crippen LogP contribution in [0.1, 0.15) is 33.0 Å². The average Bonchev–Trinajstić information content (AvgIpc) is 2.39. The molecule has 1 rings (SSSR count). The number of aromatic amines is 1. The molecule has 0 aliphatic heterocycles. The van der Waals surface area contributed by atoms with Crippen LogP contribution in [-0.4, -0.2) is 9.97 Å². The van der Waals surface area contributed by atoms with Crippen molar-refractivity contribution in [3.63, 3.8) is 0 Å². The second-order valence-corrected chi connectivity index (χ2v) is 2.10. The van der Waals surface area contributed by atoms with Crippen LogP contribution in [0.5, 0.6) is 0 Å². The van der Waals surface area contributed by atoms with Crippen LogP contribution in [0.3, 0.4) is 0 Å². The van der Waals surface area contributed by atoms with E-state index in [1.165, 1.54) is 6.42 Å². The van der Waals surface area contributed by atoms with E-state index in [-0.39, 0.29) is 0 Å². The number of imidazole rings is 1. The molecule has 0 unspecified atom stereocenters. The summed E-state index contributed by atoms with van der Waals surface area (Å²) in [6.45, 7) is 6.32. The molecule has 0 aromatic carbocycles. The van der Waals surface area contributed by atoms with E-state index >= 15 is 0 Å². The van der Waals surface area contributed by atoms with Crippen molar-refractivity contribution in [3.05, 3.63) is 18.2 Å². The van der Waals surface area contributed by atoms with Gasteiger partial charge in [-0.1, -0.05) is 27.2 Å². The lowest BCUT2D eigenvalue weighted by Gasteiger charge is -1.79. The molecular formula is C8H16N2. The van der Waals surface area contributed by atoms with Gasteiger partial charge in [0.25, 0.3) is 0 Å². The Labute approximate surface area is 62.7 Å². The molecule has 1 aromatic rings. The third kappa shape index (κ3) is 4.13. The summed E-state index contributed by atoms with van der Waals surface area (Å²) >= 11 is 0. The maximum absolute atomic E-state index is 3.98. The van der Waals surface area contributed by atoms with Gasteiger partial charge in [0.05, 0.1) is 0 Å². The molecule has 0 bridgehead atoms. The molecule has 0 aliphatic rings. The quantitative estimate of drug-likeness (QED) is 0.637. The molecule has 0 atom stereocenters. The standard InChI is InChI=1S/C5H8N2.C3H8/c1-2-5-6-3-4-7-5;1-3-2/h3-4H,2H2,1H3,(H,6,7);3H2,1-2H3. The third-order valence-corrected chi connectivity index (χ3v) is 0.890. The number of hydrogen-bond donors (Lipinski definition) is 1. The van der Waals surface area contributed by atoms with Crippen LogP contribution >= 0.6 is 0 Å². The highest BCUT2D eigenvalue weighted by atomic mass is 14.9. The van der Waals surface area contributed by atoms with Crippen LogP contribution in [-0.2, 0) is 6.42 Å². The van der Waals surface area contributed by atoms with Gasteiger partial charge in [-0.25, -0.2) is 4.98 Å². The number of H-pyrrole nitrogens is 1. The molecule has 0 amide bonds. The minimum atomic E-state index is 0.993. The first-order valence-electron chi connectivity index (χ1n) is 3.83. The Bertz CT molecular complexity index is 133. The molecule has 0 spiro atoms. The molecule has 1 N–H and O–H groups in total. The predicted molar refractivity (Wildman–Crippen MR) is 43.9 cm³/mol. The summed E-state index contributed by atoms with van der Waals surface area (Å²) < 4.78 is 0. The second-order valence-electron chi connectivity index (χ2n) is 2.10. The smallest absolute Gasteiger partial charge is 0.105 e. The summed E-state index contributed by atoms with van der Waals surface area (Å²) in [5, 5.41) is 0. The lowest BCUT2D eigenvalue weighted by Crippen LogP contribution is -1.78. The molecule has 2 nitrogen and oxygen atoms in total. The Morgan fingerprint density at radius 2 is 2.00 bits per heavy atom. The predicted octanol–water partition coefficient (Wildman–Crippen LogP) is 2.39. The fraction of sp³-hybridized carbons (Fsp3) is 0.625. The van der Waals surface area contributed by atoms with E-state index in [2.05, 4.69) is 30.7 Å². The normalized spacial score (nSPS) is 8.30. The number of hydrogen-bond acceptors (Lipinski definition) is 1. The van der Waals surface area contributed by atoms with Crippen LogP contribution < -0.4 is 0 Å². The van der Waals surface area contributed by atoms with Gasteiger partial charge in [0, 0.05) is 18.8 Å². The molecule has 10 heavy (non-hydrogen) atoms. The van der Waals surface area contributed by atoms with Crippen molar-refractivity contribution in [1.29, 1.82) is 0 Å². The van der Waals surface area contributed by atoms with Gasteiger partial charge < -0.3 is 4.98 Å². The lowest BCUT2D eigenvalue weighted by atomic mass is 10.5. The van der Waals surface area contributed by atoms with Gasteiger partial charge in [0.2, 0.25) is 0 Å². The van der Waals surface area contributed by atoms with Crippen molar-refractivity contribution in [2.24, 2.45) is 0 Å². The second kappa shape index (κ2) is 6.33. The summed E-state index contributed by atoms with van der Waals surface area (Å²) in [6, 6.07) is 0. The molecule has 0 saturated heterocycles. The Hall–Kier alpha value is -0.790. The Kier molecular flexibility index (Phi) is 5.83. The summed E-state index contributed by atoms with van der Waals surface area (Å²) in [7, 11) is 0. The minimum absolute atomic E-state index is 0.993. The maximum Gasteiger partial charge on any atom is 0.105 e. The van der Waals surface area contributed by atoms with E-state index in [9.17, 15) is 0 Å². The largest absolute Gasteiger partial charge is 0.349 e. The highest BCUT2D eigenvalue weighted by Gasteiger charge is 1.82. The Balaban J connectivity index is 0.000000236. The summed E-state index contributed by atoms with van der Waals surface area (Å²) in [6.07, 6.45) is 5.84. The zero-order valence-corrected chi connectivity index (χ0v) is 7.02. The van der Waals surface area contributed by atoms with E-state index in [1.54, 1.807) is 6.20 Å². The van der Waals surface area contributed by atoms with Gasteiger partial charge in [0.15, 0.2) is 0 Å². The van der Waals surface area contributed by atoms with Gasteiger partial charge in [-0.15, -0.1) is 0 Å². The zero-order valence-electron chi connectivity index (χ0n) is 7.02. The van der Waals surface area contributed by atoms with Crippen LogP contribution in [0, 0.1) is 0 Å². The number of nitrogens with zero attached hydrogens (tertiary/aromatic N) is 1. The summed E-state index contributed by atoms with van der Waals surface area (Å²) in [5.41, 5.74) is 0. The van der Waals surface area contributed by atoms with Crippen molar-refractivity contribution >= 4 is 0 Å². The number of nitrogens with one attached hydrogen (secondary N) is 1. The monoisotopic (exact) mass is 140 g/mol. The zero-order chi connectivity index (χ0) is 7.82. The number of rotatable bonds is 1. The van der Waals surface area contributed by atoms with Crippen molar-refractivity contribution in [3.8, 4) is 0 Å². The van der Waals surface area contributed by atoms with Crippen LogP contribution in [0.2, 0.25) is 0 Å². The van der Waals surface area contributed by atoms with Crippen LogP contribution in [0.15, 0.2) is 12.4 Å². The number of aromatic nitrogens is 2. The Morgan fingerprint density at radius 3 is 2.20 bits per heavy atom. The fourth-order valence-electron chi connectivity index (χ4n) is 0.491. The van der Waals surface area contributed by atoms with Crippen molar-refractivity contribution in [2.45, 2.75) is 33.6 Å². The molecule has 0 aliphatic carbocycles. The molecule has 0 saturated carbocycles. The lowest BCUT2D eigenvalue weighted by molar-refractivity contribution is 0.990. The van der Waals surface area contributed by atoms with Gasteiger partial charge in [-0.05, 0) is 0 Å². The van der Waals surface area contributed by atoms with Gasteiger partial charge >= 0.3 is 0 Å². The molecule has 0 fully saturated rings. The highest BCUT2D eigenvalue weighted by molar-refractivity contribution is 4.84. The van der Waals surface area contributed by atoms with Gasteiger partial charge in [0.1, 0.15) is 5.82 Å². The SMILES string of the molecule is CCC.CCc1ncc[nH]1. The third-order valence-electron chi connectivity index (χ3n) is 0.890. The minimum Gasteiger partial charge on any atom is -0.349 e. The van der Waals surface area contributed by atoms with Crippen LogP contribution in [0.25, 0.3) is 0 Å². The first kappa shape index (κ1) is 9.21. The Morgan fingerprint density at radius 1 is 1.40 bits per heavy atom. The van der Waals surface area contributed by atoms with Crippen LogP contribution in [0.4, 0.5) is 0 Å². The molecule has 1 heterocycles. The van der Waals surface area contributed by atoms with E-state index < -0.39 is 0 Å². The molecule has 0 radical (unpaired) electrons. The van der Waals surface area contributed by atoms with Crippen molar-refractivity contribution < 1.29 is 0 Å². The fourth-order valence-corrected chi connectivity index (χ4v) is 0.491. The van der Waals surface area contributed by atoms with Crippen molar-refractivity contribution in [2.75, 3.05) is 0 Å². The molecule has 58 valence electrons. The topological polar surface area (TPSA) is 28.7 Å². The summed E-state index contributed by atoms with van der Waals surface area (Å²) in [5.74, 6) is 1.06. The van der Waals surface area contributed by atoms with E-state index in [0.717, 1.165) is 12.2 Å². The summed E-state index contributed by atoms with van der Waals surface area (Å²) in [4.78, 5) is 6.95. The van der Waals surface area contributed by atoms with Crippen molar-refractivity contribution in [1.82, 2.24) is 9.97 Å². The van der Waals surface area contributed by atoms with E-state index in [1.807, 2.05) is 6.20 Å². The highest BCUT2D eigenvalue weighted by Crippen LogP contribution is 1.85. The molecule has 2 heteroatoms.